The van der Waals surface area contributed by atoms with Crippen LogP contribution in [0.5, 0.6) is 5.75 Å². The van der Waals surface area contributed by atoms with Gasteiger partial charge in [-0.2, -0.15) is 0 Å². The highest BCUT2D eigenvalue weighted by Crippen LogP contribution is 2.36. The molecule has 0 radical (unpaired) electrons. The Kier molecular flexibility index (Phi) is 7.96. The molecular weight excluding hydrogens is 478 g/mol. The fourth-order valence-electron chi connectivity index (χ4n) is 2.69. The molecule has 10 heteroatoms. The molecule has 0 N–H and O–H groups in total. The second-order valence-electron chi connectivity index (χ2n) is 6.49. The molecule has 1 aliphatic heterocycles. The number of rotatable bonds is 8. The van der Waals surface area contributed by atoms with Crippen LogP contribution < -0.4 is 4.74 Å². The maximum atomic E-state index is 12.8. The molecule has 8 nitrogen and oxygen atoms in total. The molecule has 3 atom stereocenters. The predicted octanol–water partition coefficient (Wildman–Crippen LogP) is 2.40. The van der Waals surface area contributed by atoms with E-state index in [1.807, 2.05) is 0 Å². The standard InChI is InChI=1S/C20H22BrNO7S/c1-11(2)16(20(25)29-10-13-6-8-14(27-4)9-7-13)22-17(23)15(21)18(22)30(26)12(3)19(24)28-5/h6-9,15,18H,3,10H2,1-2,4-5H3/t15-,18+,30?/m0/s1. The number of amides is 1. The number of allylic oxidation sites excluding steroid dienone is 1. The largest absolute Gasteiger partial charge is 0.497 e. The third-order valence-electron chi connectivity index (χ3n) is 4.29. The summed E-state index contributed by atoms with van der Waals surface area (Å²) in [6.07, 6.45) is 0. The minimum atomic E-state index is -2.00. The Morgan fingerprint density at radius 1 is 1.17 bits per heavy atom. The smallest absolute Gasteiger partial charge is 0.355 e. The number of carbonyl (C=O) groups excluding carboxylic acids is 3. The lowest BCUT2D eigenvalue weighted by Crippen LogP contribution is -2.64. The van der Waals surface area contributed by atoms with Crippen molar-refractivity contribution >= 4 is 44.6 Å². The lowest BCUT2D eigenvalue weighted by molar-refractivity contribution is -0.149. The van der Waals surface area contributed by atoms with Gasteiger partial charge in [-0.05, 0) is 37.1 Å². The van der Waals surface area contributed by atoms with Crippen LogP contribution in [0, 0.1) is 0 Å². The zero-order valence-corrected chi connectivity index (χ0v) is 19.4. The van der Waals surface area contributed by atoms with Gasteiger partial charge in [-0.3, -0.25) is 13.9 Å². The maximum Gasteiger partial charge on any atom is 0.355 e. The normalized spacial score (nSPS) is 18.7. The predicted molar refractivity (Wildman–Crippen MR) is 114 cm³/mol. The molecule has 1 aromatic carbocycles. The summed E-state index contributed by atoms with van der Waals surface area (Å²) in [6, 6.07) is 6.96. The second-order valence-corrected chi connectivity index (χ2v) is 9.04. The van der Waals surface area contributed by atoms with Gasteiger partial charge in [-0.1, -0.05) is 34.6 Å². The minimum Gasteiger partial charge on any atom is -0.497 e. The van der Waals surface area contributed by atoms with Gasteiger partial charge in [0.05, 0.1) is 25.0 Å². The van der Waals surface area contributed by atoms with Crippen LogP contribution >= 0.6 is 15.9 Å². The number of hydrogen-bond acceptors (Lipinski definition) is 7. The Bertz CT molecular complexity index is 922. The highest BCUT2D eigenvalue weighted by atomic mass is 79.9. The number of ether oxygens (including phenoxy) is 3. The first-order chi connectivity index (χ1) is 14.1. The number of carbonyl (C=O) groups is 3. The molecule has 30 heavy (non-hydrogen) atoms. The molecule has 1 saturated heterocycles. The van der Waals surface area contributed by atoms with Crippen molar-refractivity contribution in [3.63, 3.8) is 0 Å². The van der Waals surface area contributed by atoms with Crippen molar-refractivity contribution in [3.8, 4) is 5.75 Å². The van der Waals surface area contributed by atoms with Crippen LogP contribution in [0.4, 0.5) is 0 Å². The van der Waals surface area contributed by atoms with E-state index in [4.69, 9.17) is 9.47 Å². The van der Waals surface area contributed by atoms with E-state index in [0.717, 1.165) is 17.6 Å². The van der Waals surface area contributed by atoms with Gasteiger partial charge >= 0.3 is 11.9 Å². The molecule has 1 aromatic rings. The molecule has 1 heterocycles. The fourth-order valence-corrected chi connectivity index (χ4v) is 5.01. The fraction of sp³-hybridized carbons (Fsp3) is 0.350. The number of alkyl halides is 1. The van der Waals surface area contributed by atoms with E-state index in [1.54, 1.807) is 45.2 Å². The summed E-state index contributed by atoms with van der Waals surface area (Å²) < 4.78 is 27.8. The quantitative estimate of drug-likeness (QED) is 0.234. The number of esters is 2. The van der Waals surface area contributed by atoms with Gasteiger partial charge in [0.1, 0.15) is 33.2 Å². The summed E-state index contributed by atoms with van der Waals surface area (Å²) in [4.78, 5) is 36.9. The van der Waals surface area contributed by atoms with Crippen molar-refractivity contribution in [2.45, 2.75) is 30.7 Å². The topological polar surface area (TPSA) is 99.2 Å². The minimum absolute atomic E-state index is 0.0258. The SMILES string of the molecule is C=C(C(=O)OC)S(=O)[C@@H]1[C@@H](Br)C(=O)N1C(C(=O)OCc1ccc(OC)cc1)=C(C)C. The molecule has 162 valence electrons. The summed E-state index contributed by atoms with van der Waals surface area (Å²) in [5, 5.41) is -0.998. The zero-order chi connectivity index (χ0) is 22.6. The first kappa shape index (κ1) is 23.8. The number of hydrogen-bond donors (Lipinski definition) is 0. The van der Waals surface area contributed by atoms with Crippen molar-refractivity contribution < 1.29 is 32.8 Å². The molecule has 0 bridgehead atoms. The molecule has 0 saturated carbocycles. The number of methoxy groups -OCH3 is 2. The van der Waals surface area contributed by atoms with E-state index in [0.29, 0.717) is 11.3 Å². The number of nitrogens with zero attached hydrogens (tertiary/aromatic N) is 1. The molecule has 2 rings (SSSR count). The van der Waals surface area contributed by atoms with Crippen LogP contribution in [-0.2, 0) is 41.3 Å². The highest BCUT2D eigenvalue weighted by Gasteiger charge is 2.54. The maximum absolute atomic E-state index is 12.8. The Morgan fingerprint density at radius 2 is 1.77 bits per heavy atom. The van der Waals surface area contributed by atoms with Crippen molar-refractivity contribution in [2.75, 3.05) is 14.2 Å². The van der Waals surface area contributed by atoms with Crippen LogP contribution in [-0.4, -0.2) is 51.4 Å². The van der Waals surface area contributed by atoms with E-state index in [1.165, 1.54) is 0 Å². The summed E-state index contributed by atoms with van der Waals surface area (Å²) in [5.41, 5.74) is 1.19. The molecule has 1 aliphatic rings. The molecule has 0 aliphatic carbocycles. The number of likely N-dealkylation sites (tertiary alicyclic amines) is 1. The summed E-state index contributed by atoms with van der Waals surface area (Å²) in [5.74, 6) is -1.40. The van der Waals surface area contributed by atoms with Crippen LogP contribution in [0.15, 0.2) is 47.0 Å². The third kappa shape index (κ3) is 4.81. The van der Waals surface area contributed by atoms with Gasteiger partial charge in [-0.25, -0.2) is 9.59 Å². The van der Waals surface area contributed by atoms with Crippen LogP contribution in [0.1, 0.15) is 19.4 Å². The van der Waals surface area contributed by atoms with E-state index in [2.05, 4.69) is 27.2 Å². The van der Waals surface area contributed by atoms with Gasteiger partial charge < -0.3 is 14.2 Å². The van der Waals surface area contributed by atoms with Crippen molar-refractivity contribution in [2.24, 2.45) is 0 Å². The lowest BCUT2D eigenvalue weighted by Gasteiger charge is -2.44. The molecule has 1 unspecified atom stereocenters. The first-order valence-electron chi connectivity index (χ1n) is 8.76. The van der Waals surface area contributed by atoms with E-state index >= 15 is 0 Å². The van der Waals surface area contributed by atoms with Crippen LogP contribution in [0.2, 0.25) is 0 Å². The third-order valence-corrected chi connectivity index (χ3v) is 7.11. The molecule has 0 spiro atoms. The van der Waals surface area contributed by atoms with Crippen molar-refractivity contribution in [3.05, 3.63) is 52.6 Å². The Morgan fingerprint density at radius 3 is 2.27 bits per heavy atom. The van der Waals surface area contributed by atoms with Gasteiger partial charge in [0.2, 0.25) is 5.91 Å². The van der Waals surface area contributed by atoms with Gasteiger partial charge in [-0.15, -0.1) is 0 Å². The van der Waals surface area contributed by atoms with Gasteiger partial charge in [0.15, 0.2) is 0 Å². The molecule has 1 amide bonds. The van der Waals surface area contributed by atoms with E-state index in [-0.39, 0.29) is 17.2 Å². The molecular formula is C20H22BrNO7S. The average Bonchev–Trinajstić information content (AvgIpc) is 2.75. The van der Waals surface area contributed by atoms with Crippen molar-refractivity contribution in [1.29, 1.82) is 0 Å². The number of benzene rings is 1. The summed E-state index contributed by atoms with van der Waals surface area (Å²) in [7, 11) is 0.688. The van der Waals surface area contributed by atoms with Crippen LogP contribution in [0.3, 0.4) is 0 Å². The Hall–Kier alpha value is -2.46. The van der Waals surface area contributed by atoms with Crippen LogP contribution in [0.25, 0.3) is 0 Å². The zero-order valence-electron chi connectivity index (χ0n) is 17.0. The van der Waals surface area contributed by atoms with Gasteiger partial charge in [0, 0.05) is 0 Å². The average molecular weight is 500 g/mol. The highest BCUT2D eigenvalue weighted by molar-refractivity contribution is 9.10. The number of β-lactam (4-membered cyclic amide) rings is 1. The second kappa shape index (κ2) is 10.0. The van der Waals surface area contributed by atoms with Gasteiger partial charge in [0.25, 0.3) is 0 Å². The molecule has 1 fully saturated rings. The monoisotopic (exact) mass is 499 g/mol. The lowest BCUT2D eigenvalue weighted by atomic mass is 10.1. The summed E-state index contributed by atoms with van der Waals surface area (Å²) >= 11 is 3.16. The first-order valence-corrected chi connectivity index (χ1v) is 10.9. The Balaban J connectivity index is 2.20. The molecule has 0 aromatic heterocycles. The van der Waals surface area contributed by atoms with Crippen molar-refractivity contribution in [1.82, 2.24) is 4.90 Å². The van der Waals surface area contributed by atoms with E-state index < -0.39 is 38.8 Å². The summed E-state index contributed by atoms with van der Waals surface area (Å²) in [6.45, 7) is 6.73. The number of halogens is 1. The Labute approximate surface area is 185 Å². The van der Waals surface area contributed by atoms with E-state index in [9.17, 15) is 18.6 Å².